The number of alkyl halides is 3. The Kier molecular flexibility index (Phi) is 5.73. The number of ether oxygens (including phenoxy) is 1. The van der Waals surface area contributed by atoms with E-state index < -0.39 is 23.4 Å². The maximum absolute atomic E-state index is 13.0. The van der Waals surface area contributed by atoms with Crippen LogP contribution in [-0.4, -0.2) is 58.4 Å². The van der Waals surface area contributed by atoms with Gasteiger partial charge in [-0.05, 0) is 39.0 Å². The molecule has 2 N–H and O–H groups in total. The van der Waals surface area contributed by atoms with Crippen LogP contribution in [0.2, 0.25) is 0 Å². The molecule has 0 radical (unpaired) electrons. The number of carbonyl (C=O) groups excluding carboxylic acids is 2. The number of anilines is 1. The minimum atomic E-state index is -4.49. The first-order chi connectivity index (χ1) is 13.9. The lowest BCUT2D eigenvalue weighted by Crippen LogP contribution is -2.62. The summed E-state index contributed by atoms with van der Waals surface area (Å²) in [7, 11) is 0. The summed E-state index contributed by atoms with van der Waals surface area (Å²) in [4.78, 5) is 25.5. The van der Waals surface area contributed by atoms with Gasteiger partial charge in [-0.3, -0.25) is 4.79 Å². The first-order valence-electron chi connectivity index (χ1n) is 9.26. The van der Waals surface area contributed by atoms with Gasteiger partial charge in [0.15, 0.2) is 0 Å². The van der Waals surface area contributed by atoms with Crippen LogP contribution in [0.25, 0.3) is 10.9 Å². The molecular weight excluding hydrogens is 403 g/mol. The van der Waals surface area contributed by atoms with E-state index in [4.69, 9.17) is 4.74 Å². The van der Waals surface area contributed by atoms with E-state index in [-0.39, 0.29) is 35.1 Å². The number of amides is 2. The third-order valence-corrected chi connectivity index (χ3v) is 4.30. The minimum absolute atomic E-state index is 0.167. The Labute approximate surface area is 170 Å². The van der Waals surface area contributed by atoms with Crippen LogP contribution in [-0.2, 0) is 15.7 Å². The van der Waals surface area contributed by atoms with Gasteiger partial charge in [0.2, 0.25) is 5.91 Å². The van der Waals surface area contributed by atoms with Gasteiger partial charge in [-0.15, -0.1) is 0 Å². The molecule has 0 atom stereocenters. The van der Waals surface area contributed by atoms with Gasteiger partial charge < -0.3 is 20.3 Å². The Hall–Kier alpha value is -3.11. The second-order valence-corrected chi connectivity index (χ2v) is 7.99. The molecule has 1 aliphatic heterocycles. The fourth-order valence-corrected chi connectivity index (χ4v) is 2.87. The summed E-state index contributed by atoms with van der Waals surface area (Å²) in [6.07, 6.45) is -3.67. The van der Waals surface area contributed by atoms with Crippen molar-refractivity contribution in [2.24, 2.45) is 0 Å². The van der Waals surface area contributed by atoms with Gasteiger partial charge in [-0.25, -0.2) is 4.79 Å². The maximum Gasteiger partial charge on any atom is 0.416 e. The monoisotopic (exact) mass is 425 g/mol. The lowest BCUT2D eigenvalue weighted by atomic mass is 10.1. The van der Waals surface area contributed by atoms with Crippen molar-refractivity contribution in [3.63, 3.8) is 0 Å². The Morgan fingerprint density at radius 2 is 1.93 bits per heavy atom. The van der Waals surface area contributed by atoms with Gasteiger partial charge in [0.05, 0.1) is 35.6 Å². The van der Waals surface area contributed by atoms with Crippen LogP contribution < -0.4 is 10.6 Å². The fourth-order valence-electron chi connectivity index (χ4n) is 2.87. The Bertz CT molecular complexity index is 953. The molecule has 1 fully saturated rings. The average molecular weight is 425 g/mol. The number of fused-ring (bicyclic) bond motifs is 1. The van der Waals surface area contributed by atoms with Gasteiger partial charge in [0.1, 0.15) is 5.60 Å². The van der Waals surface area contributed by atoms with E-state index in [2.05, 4.69) is 20.8 Å². The van der Waals surface area contributed by atoms with Crippen molar-refractivity contribution < 1.29 is 27.5 Å². The normalized spacial score (nSPS) is 14.9. The highest BCUT2D eigenvalue weighted by Crippen LogP contribution is 2.32. The predicted octanol–water partition coefficient (Wildman–Crippen LogP) is 2.80. The van der Waals surface area contributed by atoms with E-state index in [9.17, 15) is 22.8 Å². The molecule has 162 valence electrons. The molecule has 8 nitrogen and oxygen atoms in total. The van der Waals surface area contributed by atoms with Crippen LogP contribution in [0, 0.1) is 0 Å². The van der Waals surface area contributed by atoms with Crippen LogP contribution in [0.15, 0.2) is 24.4 Å². The second kappa shape index (κ2) is 7.96. The Morgan fingerprint density at radius 3 is 2.57 bits per heavy atom. The van der Waals surface area contributed by atoms with Crippen LogP contribution in [0.1, 0.15) is 26.3 Å². The highest BCUT2D eigenvalue weighted by Gasteiger charge is 2.34. The van der Waals surface area contributed by atoms with Crippen molar-refractivity contribution in [1.29, 1.82) is 0 Å². The standard InChI is InChI=1S/C19H22F3N5O3/c1-18(2,3)30-17(29)27-9-12(10-27)25-16(28)8-23-15-7-24-26-14-5-4-11(6-13(14)15)19(20,21)22/h4-7,12H,8-10H2,1-3H3,(H,23,26)(H,25,28). The average Bonchev–Trinajstić information content (AvgIpc) is 2.59. The van der Waals surface area contributed by atoms with E-state index in [1.165, 1.54) is 17.2 Å². The highest BCUT2D eigenvalue weighted by molar-refractivity contribution is 5.92. The molecule has 30 heavy (non-hydrogen) atoms. The summed E-state index contributed by atoms with van der Waals surface area (Å²) in [5.41, 5.74) is -0.860. The summed E-state index contributed by atoms with van der Waals surface area (Å²) in [6.45, 7) is 5.80. The minimum Gasteiger partial charge on any atom is -0.444 e. The zero-order valence-corrected chi connectivity index (χ0v) is 16.7. The summed E-state index contributed by atoms with van der Waals surface area (Å²) in [5.74, 6) is -0.360. The van der Waals surface area contributed by atoms with Crippen LogP contribution in [0.4, 0.5) is 23.7 Å². The number of aromatic nitrogens is 2. The SMILES string of the molecule is CC(C)(C)OC(=O)N1CC(NC(=O)CNc2cnnc3ccc(C(F)(F)F)cc23)C1. The number of hydrogen-bond donors (Lipinski definition) is 2. The van der Waals surface area contributed by atoms with E-state index >= 15 is 0 Å². The maximum atomic E-state index is 13.0. The number of nitrogens with one attached hydrogen (secondary N) is 2. The Morgan fingerprint density at radius 1 is 1.23 bits per heavy atom. The molecule has 0 saturated carbocycles. The number of benzene rings is 1. The molecule has 0 spiro atoms. The lowest BCUT2D eigenvalue weighted by Gasteiger charge is -2.39. The number of halogens is 3. The predicted molar refractivity (Wildman–Crippen MR) is 103 cm³/mol. The van der Waals surface area contributed by atoms with Gasteiger partial charge in [-0.1, -0.05) is 0 Å². The van der Waals surface area contributed by atoms with E-state index in [1.54, 1.807) is 20.8 Å². The first-order valence-corrected chi connectivity index (χ1v) is 9.26. The molecule has 11 heteroatoms. The fraction of sp³-hybridized carbons (Fsp3) is 0.474. The topological polar surface area (TPSA) is 96.5 Å². The van der Waals surface area contributed by atoms with Crippen molar-refractivity contribution in [1.82, 2.24) is 20.4 Å². The molecule has 0 bridgehead atoms. The number of carbonyl (C=O) groups is 2. The molecule has 0 unspecified atom stereocenters. The third-order valence-electron chi connectivity index (χ3n) is 4.30. The van der Waals surface area contributed by atoms with Gasteiger partial charge in [-0.2, -0.15) is 23.4 Å². The largest absolute Gasteiger partial charge is 0.444 e. The molecule has 1 aromatic carbocycles. The van der Waals surface area contributed by atoms with E-state index in [0.717, 1.165) is 12.1 Å². The molecule has 3 rings (SSSR count). The zero-order valence-electron chi connectivity index (χ0n) is 16.7. The van der Waals surface area contributed by atoms with Crippen LogP contribution in [0.5, 0.6) is 0 Å². The molecule has 2 aromatic rings. The van der Waals surface area contributed by atoms with Crippen molar-refractivity contribution in [3.05, 3.63) is 30.0 Å². The smallest absolute Gasteiger partial charge is 0.416 e. The van der Waals surface area contributed by atoms with E-state index in [1.807, 2.05) is 0 Å². The number of nitrogens with zero attached hydrogens (tertiary/aromatic N) is 3. The summed E-state index contributed by atoms with van der Waals surface area (Å²) in [5, 5.41) is 13.3. The molecule has 0 aliphatic carbocycles. The van der Waals surface area contributed by atoms with Gasteiger partial charge >= 0.3 is 12.3 Å². The van der Waals surface area contributed by atoms with Crippen molar-refractivity contribution in [2.75, 3.05) is 25.0 Å². The Balaban J connectivity index is 1.54. The molecule has 1 aliphatic rings. The van der Waals surface area contributed by atoms with Crippen molar-refractivity contribution in [2.45, 2.75) is 38.6 Å². The van der Waals surface area contributed by atoms with Crippen LogP contribution in [0.3, 0.4) is 0 Å². The quantitative estimate of drug-likeness (QED) is 0.782. The molecular formula is C19H22F3N5O3. The molecule has 1 saturated heterocycles. The van der Waals surface area contributed by atoms with E-state index in [0.29, 0.717) is 13.1 Å². The number of hydrogen-bond acceptors (Lipinski definition) is 6. The number of rotatable bonds is 4. The number of likely N-dealkylation sites (tertiary alicyclic amines) is 1. The molecule has 1 aromatic heterocycles. The van der Waals surface area contributed by atoms with Crippen LogP contribution >= 0.6 is 0 Å². The third kappa shape index (κ3) is 5.28. The second-order valence-electron chi connectivity index (χ2n) is 7.99. The molecule has 2 amide bonds. The zero-order chi connectivity index (χ0) is 22.1. The summed E-state index contributed by atoms with van der Waals surface area (Å²) < 4.78 is 44.2. The van der Waals surface area contributed by atoms with Crippen molar-refractivity contribution in [3.8, 4) is 0 Å². The lowest BCUT2D eigenvalue weighted by molar-refractivity contribution is -0.137. The summed E-state index contributed by atoms with van der Waals surface area (Å²) >= 11 is 0. The van der Waals surface area contributed by atoms with Gasteiger partial charge in [0, 0.05) is 18.5 Å². The van der Waals surface area contributed by atoms with Gasteiger partial charge in [0.25, 0.3) is 0 Å². The molecule has 2 heterocycles. The highest BCUT2D eigenvalue weighted by atomic mass is 19.4. The van der Waals surface area contributed by atoms with Crippen molar-refractivity contribution >= 4 is 28.6 Å². The first kappa shape index (κ1) is 21.6. The summed E-state index contributed by atoms with van der Waals surface area (Å²) in [6, 6.07) is 2.92.